The van der Waals surface area contributed by atoms with Gasteiger partial charge in [-0.3, -0.25) is 0 Å². The van der Waals surface area contributed by atoms with Crippen LogP contribution >= 0.6 is 23.2 Å². The molecule has 21 heavy (non-hydrogen) atoms. The van der Waals surface area contributed by atoms with Gasteiger partial charge in [-0.05, 0) is 63.0 Å². The number of benzene rings is 1. The van der Waals surface area contributed by atoms with Gasteiger partial charge in [0.2, 0.25) is 0 Å². The van der Waals surface area contributed by atoms with Crippen LogP contribution < -0.4 is 5.32 Å². The molecule has 0 radical (unpaired) electrons. The molecule has 0 saturated carbocycles. The summed E-state index contributed by atoms with van der Waals surface area (Å²) in [5, 5.41) is 5.03. The van der Waals surface area contributed by atoms with E-state index in [1.165, 1.54) is 38.9 Å². The Balaban J connectivity index is 1.78. The van der Waals surface area contributed by atoms with Crippen molar-refractivity contribution in [1.82, 2.24) is 10.2 Å². The average molecular weight is 329 g/mol. The van der Waals surface area contributed by atoms with Crippen LogP contribution in [0, 0.1) is 5.92 Å². The van der Waals surface area contributed by atoms with E-state index in [0.717, 1.165) is 17.1 Å². The standard InChI is InChI=1S/C17H26Cl2N2/c1-13(12-21-8-4-3-5-9-21)11-20-14(2)16-7-6-15(18)10-17(16)19/h6-7,10,13-14,20H,3-5,8-9,11-12H2,1-2H3. The molecule has 2 nitrogen and oxygen atoms in total. The highest BCUT2D eigenvalue weighted by molar-refractivity contribution is 6.35. The molecule has 1 saturated heterocycles. The van der Waals surface area contributed by atoms with E-state index < -0.39 is 0 Å². The van der Waals surface area contributed by atoms with Crippen molar-refractivity contribution in [3.63, 3.8) is 0 Å². The van der Waals surface area contributed by atoms with Crippen molar-refractivity contribution in [1.29, 1.82) is 0 Å². The largest absolute Gasteiger partial charge is 0.310 e. The lowest BCUT2D eigenvalue weighted by Gasteiger charge is -2.29. The van der Waals surface area contributed by atoms with Gasteiger partial charge in [0.25, 0.3) is 0 Å². The molecule has 1 fully saturated rings. The Morgan fingerprint density at radius 2 is 1.86 bits per heavy atom. The zero-order chi connectivity index (χ0) is 15.2. The maximum absolute atomic E-state index is 6.26. The highest BCUT2D eigenvalue weighted by Gasteiger charge is 2.15. The van der Waals surface area contributed by atoms with Gasteiger partial charge in [-0.15, -0.1) is 0 Å². The monoisotopic (exact) mass is 328 g/mol. The smallest absolute Gasteiger partial charge is 0.0468 e. The molecule has 1 N–H and O–H groups in total. The third-order valence-electron chi connectivity index (χ3n) is 4.22. The SMILES string of the molecule is CC(CNC(C)c1ccc(Cl)cc1Cl)CN1CCCCC1. The first-order valence-electron chi connectivity index (χ1n) is 7.97. The normalized spacial score (nSPS) is 19.4. The lowest BCUT2D eigenvalue weighted by Crippen LogP contribution is -2.37. The minimum absolute atomic E-state index is 0.249. The quantitative estimate of drug-likeness (QED) is 0.809. The number of hydrogen-bond donors (Lipinski definition) is 1. The molecular formula is C17H26Cl2N2. The van der Waals surface area contributed by atoms with E-state index in [-0.39, 0.29) is 6.04 Å². The molecule has 1 aliphatic rings. The fraction of sp³-hybridized carbons (Fsp3) is 0.647. The first-order chi connectivity index (χ1) is 10.1. The van der Waals surface area contributed by atoms with Crippen LogP contribution in [0.3, 0.4) is 0 Å². The molecule has 2 atom stereocenters. The van der Waals surface area contributed by atoms with Crippen molar-refractivity contribution in [2.24, 2.45) is 5.92 Å². The number of halogens is 2. The van der Waals surface area contributed by atoms with Crippen LogP contribution in [0.5, 0.6) is 0 Å². The maximum atomic E-state index is 6.26. The van der Waals surface area contributed by atoms with Gasteiger partial charge < -0.3 is 10.2 Å². The van der Waals surface area contributed by atoms with Gasteiger partial charge in [0.1, 0.15) is 0 Å². The van der Waals surface area contributed by atoms with Crippen LogP contribution in [-0.4, -0.2) is 31.1 Å². The van der Waals surface area contributed by atoms with Crippen LogP contribution in [0.2, 0.25) is 10.0 Å². The number of nitrogens with zero attached hydrogens (tertiary/aromatic N) is 1. The Labute approximate surface area is 138 Å². The zero-order valence-corrected chi connectivity index (χ0v) is 14.6. The van der Waals surface area contributed by atoms with Gasteiger partial charge in [0.05, 0.1) is 0 Å². The summed E-state index contributed by atoms with van der Waals surface area (Å²) in [6.45, 7) is 9.21. The third kappa shape index (κ3) is 5.45. The summed E-state index contributed by atoms with van der Waals surface area (Å²) in [7, 11) is 0. The molecule has 4 heteroatoms. The van der Waals surface area contributed by atoms with E-state index in [2.05, 4.69) is 24.1 Å². The van der Waals surface area contributed by atoms with Gasteiger partial charge in [-0.25, -0.2) is 0 Å². The average Bonchev–Trinajstić information content (AvgIpc) is 2.46. The van der Waals surface area contributed by atoms with Gasteiger partial charge in [0, 0.05) is 22.6 Å². The number of rotatable bonds is 6. The summed E-state index contributed by atoms with van der Waals surface area (Å²) in [4.78, 5) is 2.59. The molecule has 0 aromatic heterocycles. The summed E-state index contributed by atoms with van der Waals surface area (Å²) < 4.78 is 0. The van der Waals surface area contributed by atoms with E-state index in [1.807, 2.05) is 18.2 Å². The predicted molar refractivity (Wildman–Crippen MR) is 92.3 cm³/mol. The number of nitrogens with one attached hydrogen (secondary N) is 1. The van der Waals surface area contributed by atoms with Crippen molar-refractivity contribution < 1.29 is 0 Å². The van der Waals surface area contributed by atoms with Crippen LogP contribution in [0.15, 0.2) is 18.2 Å². The van der Waals surface area contributed by atoms with Crippen LogP contribution in [0.4, 0.5) is 0 Å². The minimum Gasteiger partial charge on any atom is -0.310 e. The van der Waals surface area contributed by atoms with Crippen molar-refractivity contribution in [3.8, 4) is 0 Å². The van der Waals surface area contributed by atoms with E-state index >= 15 is 0 Å². The van der Waals surface area contributed by atoms with Gasteiger partial charge in [0.15, 0.2) is 0 Å². The summed E-state index contributed by atoms with van der Waals surface area (Å²) in [5.74, 6) is 0.650. The summed E-state index contributed by atoms with van der Waals surface area (Å²) >= 11 is 12.2. The second-order valence-corrected chi connectivity index (χ2v) is 7.11. The van der Waals surface area contributed by atoms with E-state index in [9.17, 15) is 0 Å². The number of likely N-dealkylation sites (tertiary alicyclic amines) is 1. The molecule has 2 rings (SSSR count). The molecule has 1 aliphatic heterocycles. The topological polar surface area (TPSA) is 15.3 Å². The van der Waals surface area contributed by atoms with Crippen molar-refractivity contribution in [3.05, 3.63) is 33.8 Å². The second kappa shape index (κ2) is 8.38. The van der Waals surface area contributed by atoms with Crippen LogP contribution in [0.1, 0.15) is 44.7 Å². The van der Waals surface area contributed by atoms with Crippen LogP contribution in [-0.2, 0) is 0 Å². The van der Waals surface area contributed by atoms with Crippen molar-refractivity contribution >= 4 is 23.2 Å². The fourth-order valence-corrected chi connectivity index (χ4v) is 3.56. The molecule has 2 unspecified atom stereocenters. The fourth-order valence-electron chi connectivity index (χ4n) is 2.99. The second-order valence-electron chi connectivity index (χ2n) is 6.26. The number of piperidine rings is 1. The van der Waals surface area contributed by atoms with Gasteiger partial charge in [-0.2, -0.15) is 0 Å². The maximum Gasteiger partial charge on any atom is 0.0468 e. The molecule has 1 aromatic rings. The summed E-state index contributed by atoms with van der Waals surface area (Å²) in [6, 6.07) is 5.97. The highest BCUT2D eigenvalue weighted by atomic mass is 35.5. The van der Waals surface area contributed by atoms with E-state index in [0.29, 0.717) is 10.9 Å². The van der Waals surface area contributed by atoms with Gasteiger partial charge >= 0.3 is 0 Å². The predicted octanol–water partition coefficient (Wildman–Crippen LogP) is 4.77. The molecule has 1 heterocycles. The van der Waals surface area contributed by atoms with E-state index in [4.69, 9.17) is 23.2 Å². The van der Waals surface area contributed by atoms with Gasteiger partial charge in [-0.1, -0.05) is 42.6 Å². The van der Waals surface area contributed by atoms with E-state index in [1.54, 1.807) is 0 Å². The number of hydrogen-bond acceptors (Lipinski definition) is 2. The lowest BCUT2D eigenvalue weighted by atomic mass is 10.1. The Bertz CT molecular complexity index is 444. The minimum atomic E-state index is 0.249. The Morgan fingerprint density at radius 1 is 1.14 bits per heavy atom. The first-order valence-corrected chi connectivity index (χ1v) is 8.72. The molecular weight excluding hydrogens is 303 g/mol. The first kappa shape index (κ1) is 17.1. The Hall–Kier alpha value is -0.280. The third-order valence-corrected chi connectivity index (χ3v) is 4.78. The molecule has 0 aliphatic carbocycles. The van der Waals surface area contributed by atoms with Crippen molar-refractivity contribution in [2.75, 3.05) is 26.2 Å². The molecule has 0 spiro atoms. The summed E-state index contributed by atoms with van der Waals surface area (Å²) in [6.07, 6.45) is 4.11. The Morgan fingerprint density at radius 3 is 2.52 bits per heavy atom. The van der Waals surface area contributed by atoms with Crippen molar-refractivity contribution in [2.45, 2.75) is 39.2 Å². The molecule has 0 amide bonds. The zero-order valence-electron chi connectivity index (χ0n) is 13.0. The van der Waals surface area contributed by atoms with Crippen LogP contribution in [0.25, 0.3) is 0 Å². The Kier molecular flexibility index (Phi) is 6.81. The highest BCUT2D eigenvalue weighted by Crippen LogP contribution is 2.26. The molecule has 118 valence electrons. The lowest BCUT2D eigenvalue weighted by molar-refractivity contribution is 0.197. The molecule has 0 bridgehead atoms. The molecule has 1 aromatic carbocycles. The summed E-state index contributed by atoms with van der Waals surface area (Å²) in [5.41, 5.74) is 1.12.